The van der Waals surface area contributed by atoms with Gasteiger partial charge < -0.3 is 23.1 Å². The molecule has 0 bridgehead atoms. The average Bonchev–Trinajstić information content (AvgIpc) is 3.61. The minimum Gasteiger partial charge on any atom is -0.374 e. The second-order valence-electron chi connectivity index (χ2n) is 11.7. The number of pyridine rings is 1. The SMILES string of the molecule is CN1CC(C2CCN(CC3CCN(c4ccc(C(=O)N(C)c5ccccc5NI)cn4)CC3)C2)c2ccccc21. The maximum atomic E-state index is 13.1. The van der Waals surface area contributed by atoms with E-state index in [1.54, 1.807) is 16.7 Å². The first-order valence-corrected chi connectivity index (χ1v) is 15.6. The Balaban J connectivity index is 0.996. The number of likely N-dealkylation sites (tertiary alicyclic amines) is 1. The molecular formula is C32H39IN6O. The van der Waals surface area contributed by atoms with Gasteiger partial charge in [-0.05, 0) is 73.5 Å². The zero-order valence-corrected chi connectivity index (χ0v) is 25.6. The minimum absolute atomic E-state index is 0.0616. The molecule has 6 rings (SSSR count). The second kappa shape index (κ2) is 11.9. The van der Waals surface area contributed by atoms with Crippen molar-refractivity contribution in [3.63, 3.8) is 0 Å². The highest BCUT2D eigenvalue weighted by Gasteiger charge is 2.37. The van der Waals surface area contributed by atoms with Gasteiger partial charge in [0.1, 0.15) is 5.82 Å². The quantitative estimate of drug-likeness (QED) is 0.254. The van der Waals surface area contributed by atoms with Gasteiger partial charge in [-0.25, -0.2) is 4.98 Å². The van der Waals surface area contributed by atoms with Gasteiger partial charge in [-0.2, -0.15) is 0 Å². The Hall–Kier alpha value is -2.85. The average molecular weight is 651 g/mol. The molecule has 2 saturated heterocycles. The Labute approximate surface area is 252 Å². The Morgan fingerprint density at radius 1 is 1.00 bits per heavy atom. The Bertz CT molecular complexity index is 1320. The lowest BCUT2D eigenvalue weighted by molar-refractivity contribution is 0.0993. The van der Waals surface area contributed by atoms with Gasteiger partial charge in [0, 0.05) is 64.6 Å². The van der Waals surface area contributed by atoms with Crippen LogP contribution in [0.1, 0.15) is 41.1 Å². The zero-order chi connectivity index (χ0) is 27.6. The fourth-order valence-electron chi connectivity index (χ4n) is 6.96. The van der Waals surface area contributed by atoms with Crippen molar-refractivity contribution in [1.82, 2.24) is 9.88 Å². The van der Waals surface area contributed by atoms with Crippen LogP contribution in [0.5, 0.6) is 0 Å². The van der Waals surface area contributed by atoms with Crippen LogP contribution < -0.4 is 18.2 Å². The Kier molecular flexibility index (Phi) is 8.16. The number of anilines is 4. The van der Waals surface area contributed by atoms with Crippen molar-refractivity contribution in [1.29, 1.82) is 0 Å². The molecule has 7 nitrogen and oxygen atoms in total. The number of hydrogen-bond donors (Lipinski definition) is 1. The molecule has 2 atom stereocenters. The summed E-state index contributed by atoms with van der Waals surface area (Å²) in [5.41, 5.74) is 5.34. The molecule has 0 spiro atoms. The van der Waals surface area contributed by atoms with E-state index in [0.717, 1.165) is 48.7 Å². The topological polar surface area (TPSA) is 55.0 Å². The molecule has 40 heavy (non-hydrogen) atoms. The molecule has 1 N–H and O–H groups in total. The van der Waals surface area contributed by atoms with Crippen LogP contribution in [0.15, 0.2) is 66.9 Å². The van der Waals surface area contributed by atoms with E-state index in [4.69, 9.17) is 4.98 Å². The van der Waals surface area contributed by atoms with Crippen LogP contribution in [0.3, 0.4) is 0 Å². The molecule has 1 aromatic heterocycles. The molecule has 0 saturated carbocycles. The Morgan fingerprint density at radius 2 is 1.77 bits per heavy atom. The molecule has 3 aliphatic heterocycles. The van der Waals surface area contributed by atoms with E-state index in [1.807, 2.05) is 43.4 Å². The maximum Gasteiger partial charge on any atom is 0.259 e. The van der Waals surface area contributed by atoms with E-state index in [9.17, 15) is 4.79 Å². The summed E-state index contributed by atoms with van der Waals surface area (Å²) >= 11 is 2.09. The third kappa shape index (κ3) is 5.52. The number of carbonyl (C=O) groups is 1. The monoisotopic (exact) mass is 650 g/mol. The number of nitrogens with one attached hydrogen (secondary N) is 1. The lowest BCUT2D eigenvalue weighted by Crippen LogP contribution is -2.38. The summed E-state index contributed by atoms with van der Waals surface area (Å²) in [7, 11) is 4.05. The summed E-state index contributed by atoms with van der Waals surface area (Å²) in [6.07, 6.45) is 5.43. The number of fused-ring (bicyclic) bond motifs is 1. The number of piperidine rings is 1. The van der Waals surface area contributed by atoms with Crippen LogP contribution in [-0.4, -0.2) is 69.2 Å². The number of halogens is 1. The fourth-order valence-corrected chi connectivity index (χ4v) is 7.41. The molecule has 2 aromatic carbocycles. The molecule has 3 aromatic rings. The van der Waals surface area contributed by atoms with Crippen LogP contribution in [0.4, 0.5) is 22.9 Å². The third-order valence-electron chi connectivity index (χ3n) is 9.22. The third-order valence-corrected chi connectivity index (χ3v) is 9.80. The first-order valence-electron chi connectivity index (χ1n) is 14.5. The van der Waals surface area contributed by atoms with Crippen molar-refractivity contribution in [2.45, 2.75) is 25.2 Å². The van der Waals surface area contributed by atoms with Gasteiger partial charge in [0.05, 0.1) is 39.8 Å². The summed E-state index contributed by atoms with van der Waals surface area (Å²) < 4.78 is 3.13. The molecule has 0 aliphatic carbocycles. The van der Waals surface area contributed by atoms with Crippen molar-refractivity contribution in [3.05, 3.63) is 78.0 Å². The van der Waals surface area contributed by atoms with Gasteiger partial charge >= 0.3 is 0 Å². The number of aromatic nitrogens is 1. The zero-order valence-electron chi connectivity index (χ0n) is 23.5. The lowest BCUT2D eigenvalue weighted by atomic mass is 9.87. The number of benzene rings is 2. The molecule has 8 heteroatoms. The summed E-state index contributed by atoms with van der Waals surface area (Å²) in [5, 5.41) is 0. The highest BCUT2D eigenvalue weighted by atomic mass is 127. The van der Waals surface area contributed by atoms with Crippen LogP contribution in [-0.2, 0) is 0 Å². The van der Waals surface area contributed by atoms with E-state index in [1.165, 1.54) is 44.6 Å². The predicted octanol–water partition coefficient (Wildman–Crippen LogP) is 5.89. The standard InChI is InChI=1S/C32H39IN6O/c1-36-22-27(26-7-3-5-9-29(26)36)25-15-16-38(21-25)20-23-13-17-39(18-14-23)31-12-11-24(19-34-31)32(40)37(2)30-10-6-4-8-28(30)35-33/h3-12,19,23,25,27,35H,13-18,20-22H2,1-2H3. The minimum atomic E-state index is -0.0616. The number of likely N-dealkylation sites (N-methyl/N-ethyl adjacent to an activating group) is 1. The molecular weight excluding hydrogens is 611 g/mol. The highest BCUT2D eigenvalue weighted by Crippen LogP contribution is 2.42. The van der Waals surface area contributed by atoms with Gasteiger partial charge in [-0.15, -0.1) is 0 Å². The number of rotatable bonds is 7. The number of hydrogen-bond acceptors (Lipinski definition) is 6. The molecule has 1 amide bonds. The fraction of sp³-hybridized carbons (Fsp3) is 0.438. The van der Waals surface area contributed by atoms with Crippen LogP contribution in [0.2, 0.25) is 0 Å². The molecule has 2 fully saturated rings. The van der Waals surface area contributed by atoms with Crippen molar-refractivity contribution >= 4 is 51.7 Å². The van der Waals surface area contributed by atoms with Crippen LogP contribution >= 0.6 is 22.9 Å². The van der Waals surface area contributed by atoms with Crippen LogP contribution in [0, 0.1) is 11.8 Å². The van der Waals surface area contributed by atoms with E-state index in [2.05, 4.69) is 72.4 Å². The van der Waals surface area contributed by atoms with E-state index in [0.29, 0.717) is 11.5 Å². The smallest absolute Gasteiger partial charge is 0.259 e. The summed E-state index contributed by atoms with van der Waals surface area (Å²) in [6, 6.07) is 20.7. The van der Waals surface area contributed by atoms with Gasteiger partial charge in [0.15, 0.2) is 0 Å². The van der Waals surface area contributed by atoms with Crippen LogP contribution in [0.25, 0.3) is 0 Å². The van der Waals surface area contributed by atoms with E-state index >= 15 is 0 Å². The number of carbonyl (C=O) groups excluding carboxylic acids is 1. The summed E-state index contributed by atoms with van der Waals surface area (Å²) in [4.78, 5) is 27.0. The number of nitrogens with zero attached hydrogens (tertiary/aromatic N) is 5. The van der Waals surface area contributed by atoms with Crippen molar-refractivity contribution in [2.24, 2.45) is 11.8 Å². The predicted molar refractivity (Wildman–Crippen MR) is 173 cm³/mol. The van der Waals surface area contributed by atoms with Crippen molar-refractivity contribution in [3.8, 4) is 0 Å². The molecule has 3 aliphatic rings. The lowest BCUT2D eigenvalue weighted by Gasteiger charge is -2.34. The maximum absolute atomic E-state index is 13.1. The largest absolute Gasteiger partial charge is 0.374 e. The molecule has 2 unspecified atom stereocenters. The van der Waals surface area contributed by atoms with Crippen molar-refractivity contribution < 1.29 is 4.79 Å². The first kappa shape index (κ1) is 27.3. The van der Waals surface area contributed by atoms with Gasteiger partial charge in [-0.3, -0.25) is 4.79 Å². The summed E-state index contributed by atoms with van der Waals surface area (Å²) in [6.45, 7) is 6.89. The van der Waals surface area contributed by atoms with Gasteiger partial charge in [-0.1, -0.05) is 30.3 Å². The highest BCUT2D eigenvalue weighted by molar-refractivity contribution is 14.1. The molecule has 4 heterocycles. The normalized spacial score (nSPS) is 21.5. The van der Waals surface area contributed by atoms with Gasteiger partial charge in [0.25, 0.3) is 5.91 Å². The summed E-state index contributed by atoms with van der Waals surface area (Å²) in [5.74, 6) is 3.09. The first-order chi connectivity index (χ1) is 19.5. The number of para-hydroxylation sites is 3. The van der Waals surface area contributed by atoms with E-state index in [-0.39, 0.29) is 5.91 Å². The Morgan fingerprint density at radius 3 is 2.55 bits per heavy atom. The van der Waals surface area contributed by atoms with Gasteiger partial charge in [0.2, 0.25) is 0 Å². The molecule has 210 valence electrons. The second-order valence-corrected chi connectivity index (χ2v) is 12.2. The number of amides is 1. The van der Waals surface area contributed by atoms with E-state index < -0.39 is 0 Å². The van der Waals surface area contributed by atoms with Crippen molar-refractivity contribution in [2.75, 3.05) is 71.6 Å². The molecule has 0 radical (unpaired) electrons.